The van der Waals surface area contributed by atoms with Gasteiger partial charge in [0.15, 0.2) is 0 Å². The van der Waals surface area contributed by atoms with Crippen molar-refractivity contribution in [1.82, 2.24) is 15.5 Å². The number of carbonyl (C=O) groups is 1. The Bertz CT molecular complexity index is 190. The quantitative estimate of drug-likeness (QED) is 0.606. The number of likely N-dealkylation sites (N-methyl/N-ethyl adjacent to an activating group) is 1. The minimum atomic E-state index is 0.115. The highest BCUT2D eigenvalue weighted by Gasteiger charge is 2.19. The Morgan fingerprint density at radius 1 is 1.33 bits per heavy atom. The van der Waals surface area contributed by atoms with Crippen LogP contribution in [0, 0.1) is 0 Å². The predicted molar refractivity (Wildman–Crippen MR) is 63.9 cm³/mol. The van der Waals surface area contributed by atoms with Crippen molar-refractivity contribution in [3.63, 3.8) is 0 Å². The van der Waals surface area contributed by atoms with Crippen molar-refractivity contribution < 1.29 is 4.79 Å². The average molecular weight is 215 g/mol. The maximum absolute atomic E-state index is 10.9. The van der Waals surface area contributed by atoms with Crippen LogP contribution in [0.25, 0.3) is 0 Å². The van der Waals surface area contributed by atoms with Gasteiger partial charge in [-0.1, -0.05) is 0 Å². The third kappa shape index (κ3) is 6.47. The number of amides is 1. The molecule has 0 aromatic carbocycles. The highest BCUT2D eigenvalue weighted by Crippen LogP contribution is 2.07. The smallest absolute Gasteiger partial charge is 0.219 e. The third-order valence-electron chi connectivity index (χ3n) is 2.80. The van der Waals surface area contributed by atoms with E-state index in [1.807, 2.05) is 0 Å². The van der Waals surface area contributed by atoms with Gasteiger partial charge in [-0.15, -0.1) is 0 Å². The lowest BCUT2D eigenvalue weighted by Gasteiger charge is -2.32. The summed E-state index contributed by atoms with van der Waals surface area (Å²) in [5.74, 6) is 0.115. The van der Waals surface area contributed by atoms with E-state index in [1.165, 1.54) is 0 Å². The molecule has 0 aromatic rings. The molecule has 0 saturated heterocycles. The topological polar surface area (TPSA) is 44.4 Å². The van der Waals surface area contributed by atoms with Crippen LogP contribution in [-0.4, -0.2) is 50.6 Å². The van der Waals surface area contributed by atoms with E-state index in [1.54, 1.807) is 7.05 Å². The molecule has 15 heavy (non-hydrogen) atoms. The molecule has 0 aliphatic rings. The molecule has 0 radical (unpaired) electrons. The second-order valence-corrected chi connectivity index (χ2v) is 4.66. The average Bonchev–Trinajstić information content (AvgIpc) is 2.16. The molecular formula is C11H25N3O. The van der Waals surface area contributed by atoms with Crippen LogP contribution >= 0.6 is 0 Å². The number of nitrogens with one attached hydrogen (secondary N) is 2. The molecule has 0 bridgehead atoms. The van der Waals surface area contributed by atoms with E-state index in [9.17, 15) is 4.79 Å². The van der Waals surface area contributed by atoms with Crippen molar-refractivity contribution in [2.45, 2.75) is 32.2 Å². The van der Waals surface area contributed by atoms with Gasteiger partial charge < -0.3 is 15.5 Å². The molecule has 0 aromatic heterocycles. The molecule has 0 saturated carbocycles. The van der Waals surface area contributed by atoms with Crippen LogP contribution in [0.15, 0.2) is 0 Å². The predicted octanol–water partition coefficient (Wildman–Crippen LogP) is 0.442. The van der Waals surface area contributed by atoms with Gasteiger partial charge in [0, 0.05) is 25.6 Å². The summed E-state index contributed by atoms with van der Waals surface area (Å²) < 4.78 is 0. The standard InChI is InChI=1S/C11H25N3O/c1-11(2,14(4)5)9-13-8-6-7-10(15)12-3/h13H,6-9H2,1-5H3,(H,12,15). The molecule has 0 aliphatic heterocycles. The Hall–Kier alpha value is -0.610. The van der Waals surface area contributed by atoms with E-state index in [0.717, 1.165) is 19.5 Å². The SMILES string of the molecule is CNC(=O)CCCNCC(C)(C)N(C)C. The molecule has 4 heteroatoms. The molecule has 0 fully saturated rings. The zero-order valence-electron chi connectivity index (χ0n) is 10.7. The van der Waals surface area contributed by atoms with Crippen molar-refractivity contribution >= 4 is 5.91 Å². The molecule has 0 unspecified atom stereocenters. The van der Waals surface area contributed by atoms with Crippen LogP contribution < -0.4 is 10.6 Å². The normalized spacial score (nSPS) is 11.9. The van der Waals surface area contributed by atoms with Crippen molar-refractivity contribution in [2.75, 3.05) is 34.2 Å². The van der Waals surface area contributed by atoms with Crippen LogP contribution in [0.2, 0.25) is 0 Å². The van der Waals surface area contributed by atoms with Crippen LogP contribution in [-0.2, 0) is 4.79 Å². The summed E-state index contributed by atoms with van der Waals surface area (Å²) in [6, 6.07) is 0. The summed E-state index contributed by atoms with van der Waals surface area (Å²) in [6.45, 7) is 6.22. The summed E-state index contributed by atoms with van der Waals surface area (Å²) in [4.78, 5) is 13.1. The molecule has 0 aliphatic carbocycles. The molecule has 4 nitrogen and oxygen atoms in total. The van der Waals surface area contributed by atoms with E-state index >= 15 is 0 Å². The van der Waals surface area contributed by atoms with Crippen molar-refractivity contribution in [2.24, 2.45) is 0 Å². The van der Waals surface area contributed by atoms with Gasteiger partial charge in [0.1, 0.15) is 0 Å². The lowest BCUT2D eigenvalue weighted by atomic mass is 10.0. The second kappa shape index (κ2) is 6.80. The van der Waals surface area contributed by atoms with Gasteiger partial charge in [-0.2, -0.15) is 0 Å². The third-order valence-corrected chi connectivity index (χ3v) is 2.80. The number of rotatable bonds is 7. The summed E-state index contributed by atoms with van der Waals surface area (Å²) in [5, 5.41) is 5.98. The molecular weight excluding hydrogens is 190 g/mol. The van der Waals surface area contributed by atoms with E-state index in [2.05, 4.69) is 43.5 Å². The van der Waals surface area contributed by atoms with Crippen LogP contribution in [0.3, 0.4) is 0 Å². The van der Waals surface area contributed by atoms with Crippen molar-refractivity contribution in [1.29, 1.82) is 0 Å². The maximum atomic E-state index is 10.9. The van der Waals surface area contributed by atoms with Crippen molar-refractivity contribution in [3.8, 4) is 0 Å². The molecule has 2 N–H and O–H groups in total. The molecule has 1 amide bonds. The first-order valence-electron chi connectivity index (χ1n) is 5.49. The van der Waals surface area contributed by atoms with Crippen molar-refractivity contribution in [3.05, 3.63) is 0 Å². The van der Waals surface area contributed by atoms with Gasteiger partial charge in [-0.25, -0.2) is 0 Å². The zero-order valence-corrected chi connectivity index (χ0v) is 10.7. The highest BCUT2D eigenvalue weighted by atomic mass is 16.1. The lowest BCUT2D eigenvalue weighted by Crippen LogP contribution is -2.46. The fourth-order valence-corrected chi connectivity index (χ4v) is 1.05. The van der Waals surface area contributed by atoms with E-state index in [-0.39, 0.29) is 11.4 Å². The van der Waals surface area contributed by atoms with Gasteiger partial charge in [-0.3, -0.25) is 4.79 Å². The van der Waals surface area contributed by atoms with E-state index in [0.29, 0.717) is 6.42 Å². The molecule has 0 rings (SSSR count). The van der Waals surface area contributed by atoms with Crippen LogP contribution in [0.4, 0.5) is 0 Å². The van der Waals surface area contributed by atoms with E-state index < -0.39 is 0 Å². The summed E-state index contributed by atoms with van der Waals surface area (Å²) in [7, 11) is 5.82. The fourth-order valence-electron chi connectivity index (χ4n) is 1.05. The first-order chi connectivity index (χ1) is 6.90. The first kappa shape index (κ1) is 14.4. The number of nitrogens with zero attached hydrogens (tertiary/aromatic N) is 1. The molecule has 0 spiro atoms. The zero-order chi connectivity index (χ0) is 11.9. The number of hydrogen-bond acceptors (Lipinski definition) is 3. The van der Waals surface area contributed by atoms with Gasteiger partial charge in [0.25, 0.3) is 0 Å². The molecule has 0 heterocycles. The largest absolute Gasteiger partial charge is 0.359 e. The van der Waals surface area contributed by atoms with Gasteiger partial charge in [0.2, 0.25) is 5.91 Å². The summed E-state index contributed by atoms with van der Waals surface area (Å²) in [6.07, 6.45) is 1.50. The Morgan fingerprint density at radius 3 is 2.40 bits per heavy atom. The Labute approximate surface area is 93.4 Å². The lowest BCUT2D eigenvalue weighted by molar-refractivity contribution is -0.120. The number of carbonyl (C=O) groups excluding carboxylic acids is 1. The Balaban J connectivity index is 3.50. The minimum Gasteiger partial charge on any atom is -0.359 e. The van der Waals surface area contributed by atoms with E-state index in [4.69, 9.17) is 0 Å². The maximum Gasteiger partial charge on any atom is 0.219 e. The first-order valence-corrected chi connectivity index (χ1v) is 5.49. The van der Waals surface area contributed by atoms with Gasteiger partial charge in [-0.05, 0) is 40.9 Å². The highest BCUT2D eigenvalue weighted by molar-refractivity contribution is 5.75. The minimum absolute atomic E-state index is 0.115. The Kier molecular flexibility index (Phi) is 6.52. The molecule has 90 valence electrons. The Morgan fingerprint density at radius 2 is 1.93 bits per heavy atom. The summed E-state index contributed by atoms with van der Waals surface area (Å²) in [5.41, 5.74) is 0.160. The summed E-state index contributed by atoms with van der Waals surface area (Å²) >= 11 is 0. The number of hydrogen-bond donors (Lipinski definition) is 2. The fraction of sp³-hybridized carbons (Fsp3) is 0.909. The van der Waals surface area contributed by atoms with Gasteiger partial charge in [0.05, 0.1) is 0 Å². The van der Waals surface area contributed by atoms with Gasteiger partial charge >= 0.3 is 0 Å². The van der Waals surface area contributed by atoms with Crippen LogP contribution in [0.1, 0.15) is 26.7 Å². The second-order valence-electron chi connectivity index (χ2n) is 4.66. The van der Waals surface area contributed by atoms with Crippen LogP contribution in [0.5, 0.6) is 0 Å². The molecule has 0 atom stereocenters. The monoisotopic (exact) mass is 215 g/mol.